The molecular weight excluding hydrogens is 178 g/mol. The fourth-order valence-electron chi connectivity index (χ4n) is 1.12. The number of aromatic nitrogens is 2. The number of nitrogens with zero attached hydrogens (tertiary/aromatic N) is 2. The zero-order chi connectivity index (χ0) is 10.4. The molecule has 0 saturated carbocycles. The van der Waals surface area contributed by atoms with Crippen molar-refractivity contribution in [2.75, 3.05) is 11.9 Å². The van der Waals surface area contributed by atoms with E-state index in [2.05, 4.69) is 16.2 Å². The van der Waals surface area contributed by atoms with E-state index in [1.807, 2.05) is 6.92 Å². The molecule has 0 fully saturated rings. The van der Waals surface area contributed by atoms with Crippen LogP contribution in [-0.4, -0.2) is 16.1 Å². The van der Waals surface area contributed by atoms with E-state index in [4.69, 9.17) is 6.42 Å². The summed E-state index contributed by atoms with van der Waals surface area (Å²) in [5.74, 6) is 2.71. The van der Waals surface area contributed by atoms with Gasteiger partial charge in [0.15, 0.2) is 5.82 Å². The average molecular weight is 191 g/mol. The maximum Gasteiger partial charge on any atom is 0.293 e. The number of hydrogen-bond acceptors (Lipinski definition) is 3. The molecule has 74 valence electrons. The molecule has 0 aromatic carbocycles. The minimum atomic E-state index is -0.121. The van der Waals surface area contributed by atoms with Crippen LogP contribution in [0, 0.1) is 12.3 Å². The molecule has 1 rings (SSSR count). The summed E-state index contributed by atoms with van der Waals surface area (Å²) >= 11 is 0. The van der Waals surface area contributed by atoms with Gasteiger partial charge in [0.2, 0.25) is 0 Å². The zero-order valence-corrected chi connectivity index (χ0v) is 8.16. The Labute approximate surface area is 83.0 Å². The van der Waals surface area contributed by atoms with Crippen molar-refractivity contribution in [2.24, 2.45) is 0 Å². The first-order chi connectivity index (χ1) is 6.79. The molecule has 0 amide bonds. The number of hydrogen-bond donors (Lipinski definition) is 1. The molecular formula is C10H13N3O. The van der Waals surface area contributed by atoms with Gasteiger partial charge in [-0.2, -0.15) is 0 Å². The molecule has 0 aliphatic heterocycles. The monoisotopic (exact) mass is 191 g/mol. The third kappa shape index (κ3) is 2.36. The molecule has 0 atom stereocenters. The Bertz CT molecular complexity index is 389. The molecule has 1 heterocycles. The third-order valence-corrected chi connectivity index (χ3v) is 1.74. The largest absolute Gasteiger partial charge is 0.355 e. The molecule has 0 spiro atoms. The lowest BCUT2D eigenvalue weighted by Gasteiger charge is -2.05. The Balaban J connectivity index is 2.91. The highest BCUT2D eigenvalue weighted by atomic mass is 16.1. The number of nitrogens with one attached hydrogen (secondary N) is 1. The van der Waals surface area contributed by atoms with Crippen LogP contribution in [0.3, 0.4) is 0 Å². The molecule has 1 N–H and O–H groups in total. The molecule has 1 aromatic heterocycles. The molecule has 4 heteroatoms. The van der Waals surface area contributed by atoms with Gasteiger partial charge in [-0.25, -0.2) is 4.98 Å². The van der Waals surface area contributed by atoms with Crippen LogP contribution in [0.25, 0.3) is 0 Å². The van der Waals surface area contributed by atoms with E-state index in [9.17, 15) is 4.79 Å². The maximum absolute atomic E-state index is 11.6. The van der Waals surface area contributed by atoms with E-state index in [0.717, 1.165) is 6.42 Å². The summed E-state index contributed by atoms with van der Waals surface area (Å²) in [4.78, 5) is 15.6. The van der Waals surface area contributed by atoms with Crippen molar-refractivity contribution in [1.29, 1.82) is 0 Å². The van der Waals surface area contributed by atoms with Gasteiger partial charge in [0.25, 0.3) is 5.56 Å². The van der Waals surface area contributed by atoms with E-state index in [1.54, 1.807) is 17.0 Å². The second-order valence-corrected chi connectivity index (χ2v) is 2.83. The smallest absolute Gasteiger partial charge is 0.293 e. The molecule has 0 aliphatic rings. The Morgan fingerprint density at radius 2 is 2.50 bits per heavy atom. The quantitative estimate of drug-likeness (QED) is 0.712. The summed E-state index contributed by atoms with van der Waals surface area (Å²) in [7, 11) is 0. The first kappa shape index (κ1) is 10.3. The fourth-order valence-corrected chi connectivity index (χ4v) is 1.12. The van der Waals surface area contributed by atoms with Gasteiger partial charge < -0.3 is 9.88 Å². The highest BCUT2D eigenvalue weighted by Gasteiger charge is 2.01. The van der Waals surface area contributed by atoms with E-state index >= 15 is 0 Å². The molecule has 0 radical (unpaired) electrons. The van der Waals surface area contributed by atoms with Gasteiger partial charge in [0.1, 0.15) is 0 Å². The lowest BCUT2D eigenvalue weighted by Crippen LogP contribution is -2.24. The summed E-state index contributed by atoms with van der Waals surface area (Å²) in [5.41, 5.74) is -0.121. The van der Waals surface area contributed by atoms with Gasteiger partial charge in [0.05, 0.1) is 6.54 Å². The van der Waals surface area contributed by atoms with Gasteiger partial charge in [-0.15, -0.1) is 6.42 Å². The van der Waals surface area contributed by atoms with Gasteiger partial charge in [0, 0.05) is 18.9 Å². The van der Waals surface area contributed by atoms with Crippen LogP contribution in [0.2, 0.25) is 0 Å². The number of rotatable bonds is 4. The molecule has 0 saturated heterocycles. The number of anilines is 1. The van der Waals surface area contributed by atoms with Crippen molar-refractivity contribution in [3.8, 4) is 12.3 Å². The molecule has 0 bridgehead atoms. The Morgan fingerprint density at radius 1 is 1.71 bits per heavy atom. The highest BCUT2D eigenvalue weighted by Crippen LogP contribution is 1.93. The minimum absolute atomic E-state index is 0.121. The first-order valence-electron chi connectivity index (χ1n) is 4.52. The van der Waals surface area contributed by atoms with Crippen LogP contribution in [-0.2, 0) is 6.54 Å². The van der Waals surface area contributed by atoms with Gasteiger partial charge in [-0.05, 0) is 6.42 Å². The summed E-state index contributed by atoms with van der Waals surface area (Å²) in [6.45, 7) is 3.03. The first-order valence-corrected chi connectivity index (χ1v) is 4.52. The van der Waals surface area contributed by atoms with Crippen molar-refractivity contribution in [3.05, 3.63) is 22.7 Å². The number of terminal acetylenes is 1. The van der Waals surface area contributed by atoms with Gasteiger partial charge in [-0.3, -0.25) is 4.79 Å². The lowest BCUT2D eigenvalue weighted by molar-refractivity contribution is 0.650. The summed E-state index contributed by atoms with van der Waals surface area (Å²) < 4.78 is 1.62. The predicted molar refractivity (Wildman–Crippen MR) is 56.1 cm³/mol. The topological polar surface area (TPSA) is 46.9 Å². The lowest BCUT2D eigenvalue weighted by atomic mass is 10.4. The average Bonchev–Trinajstić information content (AvgIpc) is 2.20. The third-order valence-electron chi connectivity index (χ3n) is 1.74. The number of aryl methyl sites for hydroxylation is 1. The van der Waals surface area contributed by atoms with Crippen LogP contribution >= 0.6 is 0 Å². The summed E-state index contributed by atoms with van der Waals surface area (Å²) in [6.07, 6.45) is 9.26. The molecule has 14 heavy (non-hydrogen) atoms. The predicted octanol–water partition coefficient (Wildman–Crippen LogP) is 0.698. The summed E-state index contributed by atoms with van der Waals surface area (Å²) in [5, 5.41) is 2.78. The molecule has 1 aromatic rings. The second kappa shape index (κ2) is 5.07. The molecule has 0 aliphatic carbocycles. The molecule has 4 nitrogen and oxygen atoms in total. The van der Waals surface area contributed by atoms with E-state index in [-0.39, 0.29) is 5.56 Å². The van der Waals surface area contributed by atoms with Crippen molar-refractivity contribution in [1.82, 2.24) is 9.55 Å². The van der Waals surface area contributed by atoms with Crippen molar-refractivity contribution in [3.63, 3.8) is 0 Å². The normalized spacial score (nSPS) is 9.43. The van der Waals surface area contributed by atoms with Crippen molar-refractivity contribution >= 4 is 5.82 Å². The minimum Gasteiger partial charge on any atom is -0.355 e. The second-order valence-electron chi connectivity index (χ2n) is 2.83. The van der Waals surface area contributed by atoms with E-state index < -0.39 is 0 Å². The van der Waals surface area contributed by atoms with Crippen molar-refractivity contribution in [2.45, 2.75) is 19.9 Å². The zero-order valence-electron chi connectivity index (χ0n) is 8.16. The Morgan fingerprint density at radius 3 is 3.14 bits per heavy atom. The van der Waals surface area contributed by atoms with Crippen LogP contribution in [0.5, 0.6) is 0 Å². The Kier molecular flexibility index (Phi) is 3.74. The highest BCUT2D eigenvalue weighted by molar-refractivity contribution is 5.32. The van der Waals surface area contributed by atoms with Crippen LogP contribution in [0.4, 0.5) is 5.82 Å². The van der Waals surface area contributed by atoms with Crippen molar-refractivity contribution < 1.29 is 0 Å². The molecule has 0 unspecified atom stereocenters. The Hall–Kier alpha value is -1.76. The van der Waals surface area contributed by atoms with E-state index in [0.29, 0.717) is 18.9 Å². The van der Waals surface area contributed by atoms with E-state index in [1.165, 1.54) is 0 Å². The fraction of sp³-hybridized carbons (Fsp3) is 0.400. The maximum atomic E-state index is 11.6. The van der Waals surface area contributed by atoms with Crippen LogP contribution < -0.4 is 10.9 Å². The standard InChI is InChI=1S/C10H13N3O/c1-3-5-11-9-10(14)13(7-4-2)8-6-12-9/h1,6,8H,4-5,7H2,2H3,(H,11,12). The van der Waals surface area contributed by atoms with Crippen LogP contribution in [0.15, 0.2) is 17.2 Å². The van der Waals surface area contributed by atoms with Gasteiger partial charge in [-0.1, -0.05) is 12.8 Å². The SMILES string of the molecule is C#CCNc1nccn(CCC)c1=O. The summed E-state index contributed by atoms with van der Waals surface area (Å²) in [6, 6.07) is 0. The van der Waals surface area contributed by atoms with Gasteiger partial charge >= 0.3 is 0 Å². The van der Waals surface area contributed by atoms with Crippen LogP contribution in [0.1, 0.15) is 13.3 Å².